The van der Waals surface area contributed by atoms with Gasteiger partial charge in [0.05, 0.1) is 17.5 Å². The molecule has 2 atom stereocenters. The summed E-state index contributed by atoms with van der Waals surface area (Å²) in [5, 5.41) is 13.6. The van der Waals surface area contributed by atoms with Gasteiger partial charge in [-0.2, -0.15) is 13.2 Å². The molecule has 0 amide bonds. The summed E-state index contributed by atoms with van der Waals surface area (Å²) >= 11 is 0. The Labute approximate surface area is 134 Å². The quantitative estimate of drug-likeness (QED) is 0.673. The Morgan fingerprint density at radius 3 is 2.79 bits per heavy atom. The largest absolute Gasteiger partial charge is 0.431 e. The second-order valence-electron chi connectivity index (χ2n) is 5.76. The average Bonchev–Trinajstić information content (AvgIpc) is 3.10. The van der Waals surface area contributed by atoms with E-state index in [9.17, 15) is 18.3 Å². The molecule has 124 valence electrons. The predicted molar refractivity (Wildman–Crippen MR) is 81.4 cm³/mol. The molecule has 0 fully saturated rings. The molecular weight excluding hydrogens is 321 g/mol. The van der Waals surface area contributed by atoms with Crippen molar-refractivity contribution in [1.82, 2.24) is 15.0 Å². The Morgan fingerprint density at radius 2 is 2.00 bits per heavy atom. The van der Waals surface area contributed by atoms with E-state index in [0.717, 1.165) is 17.2 Å². The number of aromatic amines is 1. The molecule has 0 saturated heterocycles. The normalized spacial score (nSPS) is 20.3. The van der Waals surface area contributed by atoms with Gasteiger partial charge in [0.15, 0.2) is 0 Å². The summed E-state index contributed by atoms with van der Waals surface area (Å²) in [7, 11) is 0. The third-order valence-corrected chi connectivity index (χ3v) is 4.23. The summed E-state index contributed by atoms with van der Waals surface area (Å²) in [6.07, 6.45) is -3.48. The van der Waals surface area contributed by atoms with E-state index >= 15 is 0 Å². The van der Waals surface area contributed by atoms with Crippen LogP contribution in [0.4, 0.5) is 19.0 Å². The molecule has 2 heterocycles. The topological polar surface area (TPSA) is 73.8 Å². The van der Waals surface area contributed by atoms with Crippen LogP contribution in [0.5, 0.6) is 0 Å². The molecule has 3 N–H and O–H groups in total. The van der Waals surface area contributed by atoms with Gasteiger partial charge in [-0.25, -0.2) is 9.97 Å². The second kappa shape index (κ2) is 5.20. The molecule has 3 aromatic rings. The summed E-state index contributed by atoms with van der Waals surface area (Å²) in [6.45, 7) is 0. The highest BCUT2D eigenvalue weighted by atomic mass is 19.4. The number of aliphatic hydroxyl groups excluding tert-OH is 1. The Hall–Kier alpha value is -2.61. The van der Waals surface area contributed by atoms with Crippen LogP contribution in [0.2, 0.25) is 0 Å². The standard InChI is InChI=1S/C16H13F3N4O/c17-16(18,19)12-6-10-14(22-12)20-7-21-15(10)23-13-9-4-2-1-3-8(9)5-11(13)24/h1-4,6-7,11,13,24H,5H2,(H2,20,21,22,23)/t11-,13+/m1/s1. The highest BCUT2D eigenvalue weighted by molar-refractivity contribution is 5.88. The van der Waals surface area contributed by atoms with Crippen molar-refractivity contribution < 1.29 is 18.3 Å². The monoisotopic (exact) mass is 334 g/mol. The van der Waals surface area contributed by atoms with Crippen molar-refractivity contribution >= 4 is 16.9 Å². The highest BCUT2D eigenvalue weighted by Crippen LogP contribution is 2.36. The molecule has 1 aliphatic carbocycles. The van der Waals surface area contributed by atoms with Crippen LogP contribution in [-0.2, 0) is 12.6 Å². The fourth-order valence-corrected chi connectivity index (χ4v) is 3.10. The number of hydrogen-bond acceptors (Lipinski definition) is 4. The summed E-state index contributed by atoms with van der Waals surface area (Å²) in [5.74, 6) is 0.257. The van der Waals surface area contributed by atoms with Gasteiger partial charge in [0, 0.05) is 6.42 Å². The molecule has 1 aromatic carbocycles. The van der Waals surface area contributed by atoms with Crippen LogP contribution in [0.15, 0.2) is 36.7 Å². The van der Waals surface area contributed by atoms with Gasteiger partial charge >= 0.3 is 6.18 Å². The number of rotatable bonds is 2. The molecule has 0 unspecified atom stereocenters. The van der Waals surface area contributed by atoms with Gasteiger partial charge in [-0.15, -0.1) is 0 Å². The molecule has 0 radical (unpaired) electrons. The minimum Gasteiger partial charge on any atom is -0.390 e. The SMILES string of the molecule is O[C@@H]1Cc2ccccc2[C@@H]1Nc1ncnc2[nH]c(C(F)(F)F)cc12. The van der Waals surface area contributed by atoms with Crippen LogP contribution >= 0.6 is 0 Å². The fourth-order valence-electron chi connectivity index (χ4n) is 3.10. The molecule has 0 bridgehead atoms. The van der Waals surface area contributed by atoms with E-state index in [1.165, 1.54) is 6.33 Å². The van der Waals surface area contributed by atoms with Gasteiger partial charge in [-0.1, -0.05) is 24.3 Å². The molecule has 0 aliphatic heterocycles. The van der Waals surface area contributed by atoms with E-state index in [-0.39, 0.29) is 16.9 Å². The third kappa shape index (κ3) is 2.39. The molecular formula is C16H13F3N4O. The minimum atomic E-state index is -4.49. The molecule has 0 spiro atoms. The maximum absolute atomic E-state index is 12.9. The highest BCUT2D eigenvalue weighted by Gasteiger charge is 2.34. The summed E-state index contributed by atoms with van der Waals surface area (Å²) in [6, 6.07) is 8.11. The number of H-pyrrole nitrogens is 1. The number of nitrogens with one attached hydrogen (secondary N) is 2. The van der Waals surface area contributed by atoms with Gasteiger partial charge in [0.2, 0.25) is 0 Å². The van der Waals surface area contributed by atoms with E-state index in [4.69, 9.17) is 0 Å². The number of aromatic nitrogens is 3. The molecule has 2 aromatic heterocycles. The number of anilines is 1. The Bertz CT molecular complexity index is 906. The van der Waals surface area contributed by atoms with Gasteiger partial charge < -0.3 is 15.4 Å². The second-order valence-corrected chi connectivity index (χ2v) is 5.76. The molecule has 1 aliphatic rings. The lowest BCUT2D eigenvalue weighted by Gasteiger charge is -2.18. The van der Waals surface area contributed by atoms with E-state index in [1.54, 1.807) is 0 Å². The zero-order valence-corrected chi connectivity index (χ0v) is 12.3. The Balaban J connectivity index is 1.74. The molecule has 24 heavy (non-hydrogen) atoms. The molecule has 0 saturated carbocycles. The van der Waals surface area contributed by atoms with Gasteiger partial charge in [-0.3, -0.25) is 0 Å². The summed E-state index contributed by atoms with van der Waals surface area (Å²) in [5.41, 5.74) is 1.15. The number of benzene rings is 1. The van der Waals surface area contributed by atoms with Crippen molar-refractivity contribution in [2.75, 3.05) is 5.32 Å². The summed E-state index contributed by atoms with van der Waals surface area (Å²) in [4.78, 5) is 10.1. The zero-order chi connectivity index (χ0) is 16.9. The van der Waals surface area contributed by atoms with Gasteiger partial charge in [0.25, 0.3) is 0 Å². The lowest BCUT2D eigenvalue weighted by molar-refractivity contribution is -0.140. The maximum Gasteiger partial charge on any atom is 0.431 e. The van der Waals surface area contributed by atoms with Crippen LogP contribution in [0, 0.1) is 0 Å². The fraction of sp³-hybridized carbons (Fsp3) is 0.250. The number of alkyl halides is 3. The van der Waals surface area contributed by atoms with Crippen LogP contribution in [-0.4, -0.2) is 26.2 Å². The Morgan fingerprint density at radius 1 is 1.21 bits per heavy atom. The van der Waals surface area contributed by atoms with E-state index in [0.29, 0.717) is 6.42 Å². The van der Waals surface area contributed by atoms with Gasteiger partial charge in [0.1, 0.15) is 23.5 Å². The molecule has 4 rings (SSSR count). The number of halogens is 3. The smallest absolute Gasteiger partial charge is 0.390 e. The van der Waals surface area contributed by atoms with Crippen LogP contribution in [0.3, 0.4) is 0 Å². The van der Waals surface area contributed by atoms with Crippen molar-refractivity contribution in [1.29, 1.82) is 0 Å². The Kier molecular flexibility index (Phi) is 3.24. The van der Waals surface area contributed by atoms with Gasteiger partial charge in [-0.05, 0) is 17.2 Å². The first-order chi connectivity index (χ1) is 11.4. The number of nitrogens with zero attached hydrogens (tertiary/aromatic N) is 2. The maximum atomic E-state index is 12.9. The first-order valence-corrected chi connectivity index (χ1v) is 7.37. The first-order valence-electron chi connectivity index (χ1n) is 7.37. The van der Waals surface area contributed by atoms with Crippen molar-refractivity contribution in [3.8, 4) is 0 Å². The van der Waals surface area contributed by atoms with Crippen molar-refractivity contribution in [3.63, 3.8) is 0 Å². The van der Waals surface area contributed by atoms with Crippen molar-refractivity contribution in [2.24, 2.45) is 0 Å². The van der Waals surface area contributed by atoms with E-state index in [2.05, 4.69) is 20.3 Å². The number of aliphatic hydroxyl groups is 1. The van der Waals surface area contributed by atoms with Crippen molar-refractivity contribution in [2.45, 2.75) is 24.7 Å². The third-order valence-electron chi connectivity index (χ3n) is 4.23. The van der Waals surface area contributed by atoms with Crippen LogP contribution in [0.1, 0.15) is 22.9 Å². The number of hydrogen-bond donors (Lipinski definition) is 3. The summed E-state index contributed by atoms with van der Waals surface area (Å²) < 4.78 is 38.6. The van der Waals surface area contributed by atoms with Crippen molar-refractivity contribution in [3.05, 3.63) is 53.5 Å². The minimum absolute atomic E-state index is 0.0978. The number of fused-ring (bicyclic) bond motifs is 2. The van der Waals surface area contributed by atoms with Crippen LogP contribution < -0.4 is 5.32 Å². The predicted octanol–water partition coefficient (Wildman–Crippen LogP) is 3.05. The first kappa shape index (κ1) is 14.9. The average molecular weight is 334 g/mol. The van der Waals surface area contributed by atoms with Crippen LogP contribution in [0.25, 0.3) is 11.0 Å². The molecule has 5 nitrogen and oxygen atoms in total. The lowest BCUT2D eigenvalue weighted by Crippen LogP contribution is -2.21. The molecule has 8 heteroatoms. The lowest BCUT2D eigenvalue weighted by atomic mass is 10.1. The zero-order valence-electron chi connectivity index (χ0n) is 12.3. The van der Waals surface area contributed by atoms with E-state index < -0.39 is 24.0 Å². The van der Waals surface area contributed by atoms with E-state index in [1.807, 2.05) is 24.3 Å².